The molecule has 1 heterocycles. The molecule has 0 saturated heterocycles. The fourth-order valence-corrected chi connectivity index (χ4v) is 1.52. The molecule has 1 N–H and O–H groups in total. The van der Waals surface area contributed by atoms with Gasteiger partial charge in [0.15, 0.2) is 0 Å². The Balaban J connectivity index is 2.69. The van der Waals surface area contributed by atoms with Crippen LogP contribution in [0.2, 0.25) is 5.15 Å². The molecule has 0 aliphatic carbocycles. The second-order valence-electron chi connectivity index (χ2n) is 3.08. The molecular formula is C10H7ClFN3O. The van der Waals surface area contributed by atoms with Crippen molar-refractivity contribution in [1.82, 2.24) is 15.3 Å². The van der Waals surface area contributed by atoms with E-state index in [2.05, 4.69) is 15.3 Å². The van der Waals surface area contributed by atoms with Crippen molar-refractivity contribution in [2.45, 2.75) is 0 Å². The number of fused-ring (bicyclic) bond motifs is 1. The highest BCUT2D eigenvalue weighted by Gasteiger charge is 2.11. The summed E-state index contributed by atoms with van der Waals surface area (Å²) in [6, 6.07) is 3.94. The minimum atomic E-state index is -0.465. The van der Waals surface area contributed by atoms with Crippen LogP contribution in [0.4, 0.5) is 4.39 Å². The SMILES string of the molecule is CNC(=O)c1nc(Cl)c2ccc(F)cc2n1. The number of carbonyl (C=O) groups is 1. The first kappa shape index (κ1) is 10.8. The summed E-state index contributed by atoms with van der Waals surface area (Å²) in [7, 11) is 1.45. The van der Waals surface area contributed by atoms with Crippen LogP contribution in [0.15, 0.2) is 18.2 Å². The van der Waals surface area contributed by atoms with Crippen LogP contribution in [-0.2, 0) is 0 Å². The van der Waals surface area contributed by atoms with Gasteiger partial charge in [0, 0.05) is 18.5 Å². The van der Waals surface area contributed by atoms with Crippen molar-refractivity contribution in [3.8, 4) is 0 Å². The number of hydrogen-bond acceptors (Lipinski definition) is 3. The molecule has 82 valence electrons. The Morgan fingerprint density at radius 3 is 2.88 bits per heavy atom. The third kappa shape index (κ3) is 1.81. The zero-order valence-corrected chi connectivity index (χ0v) is 9.05. The second kappa shape index (κ2) is 4.02. The molecule has 1 aromatic heterocycles. The summed E-state index contributed by atoms with van der Waals surface area (Å²) in [6.07, 6.45) is 0. The van der Waals surface area contributed by atoms with Crippen LogP contribution in [0.5, 0.6) is 0 Å². The number of halogens is 2. The standard InChI is InChI=1S/C10H7ClFN3O/c1-13-10(16)9-14-7-4-5(12)2-3-6(7)8(11)15-9/h2-4H,1H3,(H,13,16). The first-order chi connectivity index (χ1) is 7.61. The molecule has 0 atom stereocenters. The molecular weight excluding hydrogens is 233 g/mol. The van der Waals surface area contributed by atoms with Crippen molar-refractivity contribution in [1.29, 1.82) is 0 Å². The maximum atomic E-state index is 13.0. The number of nitrogens with zero attached hydrogens (tertiary/aromatic N) is 2. The predicted octanol–water partition coefficient (Wildman–Crippen LogP) is 1.78. The van der Waals surface area contributed by atoms with E-state index in [1.165, 1.54) is 25.2 Å². The molecule has 1 amide bonds. The molecule has 6 heteroatoms. The molecule has 0 bridgehead atoms. The molecule has 2 rings (SSSR count). The van der Waals surface area contributed by atoms with Crippen LogP contribution in [0.25, 0.3) is 10.9 Å². The molecule has 1 aromatic carbocycles. The number of benzene rings is 1. The van der Waals surface area contributed by atoms with E-state index in [9.17, 15) is 9.18 Å². The number of hydrogen-bond donors (Lipinski definition) is 1. The monoisotopic (exact) mass is 239 g/mol. The van der Waals surface area contributed by atoms with Crippen LogP contribution in [0.3, 0.4) is 0 Å². The van der Waals surface area contributed by atoms with Crippen LogP contribution < -0.4 is 5.32 Å². The van der Waals surface area contributed by atoms with Crippen LogP contribution in [-0.4, -0.2) is 22.9 Å². The fraction of sp³-hybridized carbons (Fsp3) is 0.100. The number of nitrogens with one attached hydrogen (secondary N) is 1. The molecule has 4 nitrogen and oxygen atoms in total. The highest BCUT2D eigenvalue weighted by Crippen LogP contribution is 2.20. The van der Waals surface area contributed by atoms with Crippen molar-refractivity contribution in [3.63, 3.8) is 0 Å². The summed E-state index contributed by atoms with van der Waals surface area (Å²) in [6.45, 7) is 0. The fourth-order valence-electron chi connectivity index (χ4n) is 1.28. The summed E-state index contributed by atoms with van der Waals surface area (Å²) in [4.78, 5) is 19.0. The van der Waals surface area contributed by atoms with E-state index in [1.54, 1.807) is 0 Å². The quantitative estimate of drug-likeness (QED) is 0.772. The van der Waals surface area contributed by atoms with Gasteiger partial charge in [-0.15, -0.1) is 0 Å². The largest absolute Gasteiger partial charge is 0.352 e. The van der Waals surface area contributed by atoms with Crippen molar-refractivity contribution in [3.05, 3.63) is 35.0 Å². The number of aromatic nitrogens is 2. The molecule has 0 unspecified atom stereocenters. The van der Waals surface area contributed by atoms with Gasteiger partial charge >= 0.3 is 0 Å². The second-order valence-corrected chi connectivity index (χ2v) is 3.44. The van der Waals surface area contributed by atoms with Crippen molar-refractivity contribution < 1.29 is 9.18 Å². The van der Waals surface area contributed by atoms with E-state index >= 15 is 0 Å². The average molecular weight is 240 g/mol. The van der Waals surface area contributed by atoms with Gasteiger partial charge < -0.3 is 5.32 Å². The zero-order chi connectivity index (χ0) is 11.7. The van der Waals surface area contributed by atoms with Crippen LogP contribution >= 0.6 is 11.6 Å². The summed E-state index contributed by atoms with van der Waals surface area (Å²) in [5, 5.41) is 3.01. The topological polar surface area (TPSA) is 54.9 Å². The predicted molar refractivity (Wildman–Crippen MR) is 57.9 cm³/mol. The average Bonchev–Trinajstić information content (AvgIpc) is 2.27. The number of amides is 1. The minimum absolute atomic E-state index is 0.0781. The molecule has 0 spiro atoms. The van der Waals surface area contributed by atoms with Gasteiger partial charge in [-0.2, -0.15) is 0 Å². The van der Waals surface area contributed by atoms with Crippen molar-refractivity contribution in [2.75, 3.05) is 7.05 Å². The molecule has 2 aromatic rings. The lowest BCUT2D eigenvalue weighted by atomic mass is 10.2. The van der Waals surface area contributed by atoms with E-state index in [0.717, 1.165) is 0 Å². The van der Waals surface area contributed by atoms with Gasteiger partial charge in [-0.25, -0.2) is 14.4 Å². The van der Waals surface area contributed by atoms with Crippen LogP contribution in [0, 0.1) is 5.82 Å². The Morgan fingerprint density at radius 1 is 1.44 bits per heavy atom. The van der Waals surface area contributed by atoms with E-state index in [0.29, 0.717) is 10.9 Å². The Bertz CT molecular complexity index is 573. The number of rotatable bonds is 1. The molecule has 0 radical (unpaired) electrons. The van der Waals surface area contributed by atoms with E-state index in [1.807, 2.05) is 0 Å². The molecule has 0 fully saturated rings. The normalized spacial score (nSPS) is 10.4. The molecule has 0 aliphatic heterocycles. The summed E-state index contributed by atoms with van der Waals surface area (Å²) < 4.78 is 13.0. The van der Waals surface area contributed by atoms with E-state index in [-0.39, 0.29) is 11.0 Å². The van der Waals surface area contributed by atoms with Gasteiger partial charge in [0.25, 0.3) is 5.91 Å². The smallest absolute Gasteiger partial charge is 0.288 e. The summed E-state index contributed by atoms with van der Waals surface area (Å²) >= 11 is 5.86. The van der Waals surface area contributed by atoms with E-state index < -0.39 is 11.7 Å². The van der Waals surface area contributed by atoms with Gasteiger partial charge in [0.2, 0.25) is 5.82 Å². The maximum absolute atomic E-state index is 13.0. The third-order valence-corrected chi connectivity index (χ3v) is 2.33. The van der Waals surface area contributed by atoms with Gasteiger partial charge in [-0.1, -0.05) is 11.6 Å². The molecule has 16 heavy (non-hydrogen) atoms. The lowest BCUT2D eigenvalue weighted by molar-refractivity contribution is 0.0953. The summed E-state index contributed by atoms with van der Waals surface area (Å²) in [5.41, 5.74) is 0.304. The highest BCUT2D eigenvalue weighted by molar-refractivity contribution is 6.34. The highest BCUT2D eigenvalue weighted by atomic mass is 35.5. The molecule has 0 aliphatic rings. The van der Waals surface area contributed by atoms with Gasteiger partial charge in [-0.3, -0.25) is 4.79 Å². The summed E-state index contributed by atoms with van der Waals surface area (Å²) in [5.74, 6) is -0.983. The Kier molecular flexibility index (Phi) is 2.70. The lowest BCUT2D eigenvalue weighted by Crippen LogP contribution is -2.20. The maximum Gasteiger partial charge on any atom is 0.288 e. The van der Waals surface area contributed by atoms with Gasteiger partial charge in [-0.05, 0) is 12.1 Å². The minimum Gasteiger partial charge on any atom is -0.352 e. The van der Waals surface area contributed by atoms with Crippen LogP contribution in [0.1, 0.15) is 10.6 Å². The Labute approximate surface area is 95.5 Å². The van der Waals surface area contributed by atoms with Crippen molar-refractivity contribution in [2.24, 2.45) is 0 Å². The van der Waals surface area contributed by atoms with Gasteiger partial charge in [0.05, 0.1) is 5.52 Å². The Hall–Kier alpha value is -1.75. The Morgan fingerprint density at radius 2 is 2.19 bits per heavy atom. The van der Waals surface area contributed by atoms with Crippen molar-refractivity contribution >= 4 is 28.4 Å². The first-order valence-corrected chi connectivity index (χ1v) is 4.84. The first-order valence-electron chi connectivity index (χ1n) is 4.46. The third-order valence-electron chi connectivity index (χ3n) is 2.04. The lowest BCUT2D eigenvalue weighted by Gasteiger charge is -2.03. The molecule has 0 saturated carbocycles. The van der Waals surface area contributed by atoms with E-state index in [4.69, 9.17) is 11.6 Å². The zero-order valence-electron chi connectivity index (χ0n) is 8.29. The van der Waals surface area contributed by atoms with Gasteiger partial charge in [0.1, 0.15) is 11.0 Å². The number of carbonyl (C=O) groups excluding carboxylic acids is 1.